The first-order valence-electron chi connectivity index (χ1n) is 7.92. The molecule has 0 radical (unpaired) electrons. The molecule has 0 atom stereocenters. The molecule has 0 saturated carbocycles. The zero-order valence-corrected chi connectivity index (χ0v) is 17.8. The number of thiophene rings is 1. The summed E-state index contributed by atoms with van der Waals surface area (Å²) in [5, 5.41) is 2.42. The number of carbonyl (C=O) groups is 3. The number of ketones is 1. The highest BCUT2D eigenvalue weighted by molar-refractivity contribution is 9.11. The van der Waals surface area contributed by atoms with Gasteiger partial charge in [0.05, 0.1) is 30.0 Å². The summed E-state index contributed by atoms with van der Waals surface area (Å²) in [5.41, 5.74) is 0.210. The summed E-state index contributed by atoms with van der Waals surface area (Å²) in [6.45, 7) is -0.789. The van der Waals surface area contributed by atoms with Crippen LogP contribution >= 0.6 is 27.3 Å². The predicted octanol–water partition coefficient (Wildman–Crippen LogP) is 2.69. The average molecular weight is 472 g/mol. The first-order valence-corrected chi connectivity index (χ1v) is 9.53. The standard InChI is InChI=1S/C18H18BrNO7S/c1-24-12-6-10(7-13(25-2)17(12)26-3)18(23)20-8-16(22)27-9-11(21)14-4-5-15(19)28-14/h4-7H,8-9H2,1-3H3,(H,20,23). The van der Waals surface area contributed by atoms with Crippen LogP contribution in [0.15, 0.2) is 28.1 Å². The Bertz CT molecular complexity index is 856. The Morgan fingerprint density at radius 1 is 1.04 bits per heavy atom. The van der Waals surface area contributed by atoms with Crippen molar-refractivity contribution in [2.24, 2.45) is 0 Å². The number of benzene rings is 1. The van der Waals surface area contributed by atoms with Crippen molar-refractivity contribution in [1.29, 1.82) is 0 Å². The minimum Gasteiger partial charge on any atom is -0.493 e. The number of hydrogen-bond acceptors (Lipinski definition) is 8. The van der Waals surface area contributed by atoms with Gasteiger partial charge >= 0.3 is 5.97 Å². The van der Waals surface area contributed by atoms with Crippen LogP contribution in [-0.4, -0.2) is 52.1 Å². The van der Waals surface area contributed by atoms with E-state index in [1.807, 2.05) is 0 Å². The molecule has 1 N–H and O–H groups in total. The van der Waals surface area contributed by atoms with Crippen LogP contribution < -0.4 is 19.5 Å². The molecular formula is C18H18BrNO7S. The van der Waals surface area contributed by atoms with Crippen LogP contribution in [0.5, 0.6) is 17.2 Å². The second-order valence-corrected chi connectivity index (χ2v) is 7.75. The van der Waals surface area contributed by atoms with E-state index in [1.165, 1.54) is 44.8 Å². The SMILES string of the molecule is COc1cc(C(=O)NCC(=O)OCC(=O)c2ccc(Br)s2)cc(OC)c1OC. The van der Waals surface area contributed by atoms with Gasteiger partial charge in [-0.1, -0.05) is 0 Å². The lowest BCUT2D eigenvalue weighted by molar-refractivity contribution is -0.141. The molecule has 28 heavy (non-hydrogen) atoms. The molecule has 1 heterocycles. The quantitative estimate of drug-likeness (QED) is 0.443. The minimum atomic E-state index is -0.732. The Balaban J connectivity index is 1.92. The van der Waals surface area contributed by atoms with Gasteiger partial charge in [-0.15, -0.1) is 11.3 Å². The molecular weight excluding hydrogens is 454 g/mol. The lowest BCUT2D eigenvalue weighted by Crippen LogP contribution is -2.31. The van der Waals surface area contributed by atoms with Crippen molar-refractivity contribution in [1.82, 2.24) is 5.32 Å². The molecule has 0 unspecified atom stereocenters. The Morgan fingerprint density at radius 2 is 1.68 bits per heavy atom. The van der Waals surface area contributed by atoms with Crippen molar-refractivity contribution >= 4 is 44.9 Å². The summed E-state index contributed by atoms with van der Waals surface area (Å²) in [6.07, 6.45) is 0. The van der Waals surface area contributed by atoms with E-state index >= 15 is 0 Å². The van der Waals surface area contributed by atoms with Gasteiger partial charge in [-0.3, -0.25) is 14.4 Å². The van der Waals surface area contributed by atoms with Gasteiger partial charge in [0.25, 0.3) is 5.91 Å². The molecule has 0 fully saturated rings. The summed E-state index contributed by atoms with van der Waals surface area (Å²) < 4.78 is 21.3. The minimum absolute atomic E-state index is 0.210. The van der Waals surface area contributed by atoms with Crippen LogP contribution in [0.25, 0.3) is 0 Å². The van der Waals surface area contributed by atoms with Gasteiger partial charge in [-0.25, -0.2) is 0 Å². The van der Waals surface area contributed by atoms with Crippen LogP contribution in [0, 0.1) is 0 Å². The number of amides is 1. The maximum atomic E-state index is 12.3. The van der Waals surface area contributed by atoms with E-state index in [9.17, 15) is 14.4 Å². The van der Waals surface area contributed by atoms with Crippen LogP contribution in [0.2, 0.25) is 0 Å². The normalized spacial score (nSPS) is 10.1. The first-order chi connectivity index (χ1) is 13.4. The summed E-state index contributed by atoms with van der Waals surface area (Å²) >= 11 is 4.50. The topological polar surface area (TPSA) is 100 Å². The van der Waals surface area contributed by atoms with Crippen molar-refractivity contribution in [3.8, 4) is 17.2 Å². The summed E-state index contributed by atoms with van der Waals surface area (Å²) in [7, 11) is 4.31. The second-order valence-electron chi connectivity index (χ2n) is 5.28. The highest BCUT2D eigenvalue weighted by Crippen LogP contribution is 2.38. The third-order valence-electron chi connectivity index (χ3n) is 3.53. The predicted molar refractivity (Wildman–Crippen MR) is 106 cm³/mol. The Hall–Kier alpha value is -2.59. The molecule has 0 spiro atoms. The van der Waals surface area contributed by atoms with E-state index < -0.39 is 25.0 Å². The number of halogens is 1. The number of hydrogen-bond donors (Lipinski definition) is 1. The third kappa shape index (κ3) is 5.46. The summed E-state index contributed by atoms with van der Waals surface area (Å²) in [4.78, 5) is 36.5. The lowest BCUT2D eigenvalue weighted by atomic mass is 10.1. The largest absolute Gasteiger partial charge is 0.493 e. The number of Topliss-reactive ketones (excluding diaryl/α,β-unsaturated/α-hetero) is 1. The van der Waals surface area contributed by atoms with E-state index in [2.05, 4.69) is 21.2 Å². The van der Waals surface area contributed by atoms with Crippen molar-refractivity contribution in [2.75, 3.05) is 34.5 Å². The van der Waals surface area contributed by atoms with Crippen molar-refractivity contribution in [2.45, 2.75) is 0 Å². The van der Waals surface area contributed by atoms with E-state index in [1.54, 1.807) is 12.1 Å². The van der Waals surface area contributed by atoms with Crippen LogP contribution in [-0.2, 0) is 9.53 Å². The van der Waals surface area contributed by atoms with Gasteiger partial charge in [-0.2, -0.15) is 0 Å². The number of methoxy groups -OCH3 is 3. The third-order valence-corrected chi connectivity index (χ3v) is 5.20. The molecule has 0 bridgehead atoms. The van der Waals surface area contributed by atoms with E-state index in [0.29, 0.717) is 22.1 Å². The second kappa shape index (κ2) is 10.1. The molecule has 0 aliphatic heterocycles. The number of carbonyl (C=O) groups excluding carboxylic acids is 3. The lowest BCUT2D eigenvalue weighted by Gasteiger charge is -2.14. The molecule has 1 aromatic heterocycles. The molecule has 2 aromatic rings. The smallest absolute Gasteiger partial charge is 0.325 e. The Morgan fingerprint density at radius 3 is 2.18 bits per heavy atom. The summed E-state index contributed by atoms with van der Waals surface area (Å²) in [5.74, 6) is -0.626. The van der Waals surface area contributed by atoms with Crippen molar-refractivity contribution in [3.63, 3.8) is 0 Å². The highest BCUT2D eigenvalue weighted by Gasteiger charge is 2.18. The summed E-state index contributed by atoms with van der Waals surface area (Å²) in [6, 6.07) is 6.29. The number of ether oxygens (including phenoxy) is 4. The Kier molecular flexibility index (Phi) is 7.82. The fourth-order valence-corrected chi connectivity index (χ4v) is 3.51. The van der Waals surface area contributed by atoms with Gasteiger partial charge in [-0.05, 0) is 40.2 Å². The van der Waals surface area contributed by atoms with Gasteiger partial charge in [0, 0.05) is 5.56 Å². The maximum Gasteiger partial charge on any atom is 0.325 e. The highest BCUT2D eigenvalue weighted by atomic mass is 79.9. The zero-order chi connectivity index (χ0) is 20.7. The fraction of sp³-hybridized carbons (Fsp3) is 0.278. The molecule has 2 rings (SSSR count). The number of esters is 1. The van der Waals surface area contributed by atoms with Crippen molar-refractivity contribution < 1.29 is 33.3 Å². The van der Waals surface area contributed by atoms with Gasteiger partial charge in [0.2, 0.25) is 11.5 Å². The molecule has 0 aliphatic carbocycles. The van der Waals surface area contributed by atoms with E-state index in [-0.39, 0.29) is 11.3 Å². The number of nitrogens with one attached hydrogen (secondary N) is 1. The van der Waals surface area contributed by atoms with Gasteiger partial charge < -0.3 is 24.3 Å². The van der Waals surface area contributed by atoms with Gasteiger partial charge in [0.15, 0.2) is 18.1 Å². The molecule has 0 aliphatic rings. The van der Waals surface area contributed by atoms with Crippen LogP contribution in [0.3, 0.4) is 0 Å². The Labute approximate surface area is 173 Å². The number of rotatable bonds is 9. The average Bonchev–Trinajstić information content (AvgIpc) is 3.15. The molecule has 10 heteroatoms. The van der Waals surface area contributed by atoms with Gasteiger partial charge in [0.1, 0.15) is 6.54 Å². The molecule has 1 amide bonds. The molecule has 8 nitrogen and oxygen atoms in total. The zero-order valence-electron chi connectivity index (χ0n) is 15.4. The van der Waals surface area contributed by atoms with Crippen LogP contribution in [0.1, 0.15) is 20.0 Å². The van der Waals surface area contributed by atoms with E-state index in [0.717, 1.165) is 3.79 Å². The van der Waals surface area contributed by atoms with Crippen molar-refractivity contribution in [3.05, 3.63) is 38.5 Å². The van der Waals surface area contributed by atoms with Crippen LogP contribution in [0.4, 0.5) is 0 Å². The molecule has 1 aromatic carbocycles. The monoisotopic (exact) mass is 471 g/mol. The van der Waals surface area contributed by atoms with E-state index in [4.69, 9.17) is 18.9 Å². The fourth-order valence-electron chi connectivity index (χ4n) is 2.20. The first kappa shape index (κ1) is 21.7. The molecule has 150 valence electrons. The maximum absolute atomic E-state index is 12.3. The molecule has 0 saturated heterocycles.